The molecule has 0 aromatic heterocycles. The van der Waals surface area contributed by atoms with Crippen molar-refractivity contribution < 1.29 is 24.2 Å². The highest BCUT2D eigenvalue weighted by molar-refractivity contribution is 5.76. The minimum atomic E-state index is -1.65. The van der Waals surface area contributed by atoms with Crippen LogP contribution in [0.5, 0.6) is 0 Å². The SMILES string of the molecule is COC(=O)C(C)(C)COC([O])=O. The standard InChI is InChI=1S/C7H11O5/c1-7(2,5(8)11-3)4-12-6(9)10/h4H2,1-3H3. The van der Waals surface area contributed by atoms with Crippen molar-refractivity contribution in [3.8, 4) is 0 Å². The highest BCUT2D eigenvalue weighted by Crippen LogP contribution is 2.17. The van der Waals surface area contributed by atoms with E-state index in [1.54, 1.807) is 0 Å². The van der Waals surface area contributed by atoms with Crippen molar-refractivity contribution in [2.75, 3.05) is 13.7 Å². The summed E-state index contributed by atoms with van der Waals surface area (Å²) in [4.78, 5) is 20.8. The molecule has 5 heteroatoms. The van der Waals surface area contributed by atoms with Gasteiger partial charge in [0.25, 0.3) is 0 Å². The van der Waals surface area contributed by atoms with Gasteiger partial charge in [0.05, 0.1) is 12.5 Å². The van der Waals surface area contributed by atoms with Crippen LogP contribution in [-0.2, 0) is 19.4 Å². The molecule has 0 rings (SSSR count). The predicted molar refractivity (Wildman–Crippen MR) is 37.8 cm³/mol. The number of esters is 1. The van der Waals surface area contributed by atoms with Gasteiger partial charge in [-0.25, -0.2) is 0 Å². The zero-order valence-corrected chi connectivity index (χ0v) is 7.25. The highest BCUT2D eigenvalue weighted by atomic mass is 16.7. The molecule has 5 nitrogen and oxygen atoms in total. The topological polar surface area (TPSA) is 72.5 Å². The quantitative estimate of drug-likeness (QED) is 0.593. The summed E-state index contributed by atoms with van der Waals surface area (Å²) in [5, 5.41) is 9.87. The molecule has 0 bridgehead atoms. The van der Waals surface area contributed by atoms with Gasteiger partial charge in [0.1, 0.15) is 6.61 Å². The van der Waals surface area contributed by atoms with Gasteiger partial charge in [-0.2, -0.15) is 9.90 Å². The fourth-order valence-electron chi connectivity index (χ4n) is 0.575. The third-order valence-corrected chi connectivity index (χ3v) is 1.29. The second kappa shape index (κ2) is 3.94. The fraction of sp³-hybridized carbons (Fsp3) is 0.714. The Bertz CT molecular complexity index is 184. The molecule has 12 heavy (non-hydrogen) atoms. The maximum Gasteiger partial charge on any atom is 0.550 e. The average Bonchev–Trinajstić information content (AvgIpc) is 1.99. The van der Waals surface area contributed by atoms with Crippen molar-refractivity contribution in [3.05, 3.63) is 0 Å². The van der Waals surface area contributed by atoms with Gasteiger partial charge in [0.2, 0.25) is 0 Å². The lowest BCUT2D eigenvalue weighted by molar-refractivity contribution is -0.153. The van der Waals surface area contributed by atoms with E-state index in [0.29, 0.717) is 0 Å². The monoisotopic (exact) mass is 175 g/mol. The Morgan fingerprint density at radius 2 is 1.83 bits per heavy atom. The summed E-state index contributed by atoms with van der Waals surface area (Å²) in [7, 11) is 1.23. The number of hydrogen-bond donors (Lipinski definition) is 0. The molecule has 0 aromatic rings. The van der Waals surface area contributed by atoms with E-state index in [0.717, 1.165) is 0 Å². The van der Waals surface area contributed by atoms with E-state index < -0.39 is 17.5 Å². The third kappa shape index (κ3) is 3.23. The average molecular weight is 175 g/mol. The summed E-state index contributed by atoms with van der Waals surface area (Å²) in [6.07, 6.45) is -1.65. The first-order chi connectivity index (χ1) is 5.40. The summed E-state index contributed by atoms with van der Waals surface area (Å²) < 4.78 is 8.55. The molecule has 0 N–H and O–H groups in total. The van der Waals surface area contributed by atoms with Crippen molar-refractivity contribution >= 4 is 12.1 Å². The molecular formula is C7H11O5. The van der Waals surface area contributed by atoms with E-state index in [4.69, 9.17) is 0 Å². The Morgan fingerprint density at radius 3 is 2.17 bits per heavy atom. The van der Waals surface area contributed by atoms with Crippen LogP contribution in [0, 0.1) is 5.41 Å². The van der Waals surface area contributed by atoms with Gasteiger partial charge in [-0.1, -0.05) is 0 Å². The van der Waals surface area contributed by atoms with Crippen LogP contribution in [0.4, 0.5) is 4.79 Å². The van der Waals surface area contributed by atoms with Crippen LogP contribution in [0.3, 0.4) is 0 Å². The van der Waals surface area contributed by atoms with Gasteiger partial charge < -0.3 is 9.47 Å². The van der Waals surface area contributed by atoms with Crippen LogP contribution in [0.25, 0.3) is 0 Å². The molecule has 0 heterocycles. The minimum Gasteiger partial charge on any atom is -0.469 e. The van der Waals surface area contributed by atoms with Crippen molar-refractivity contribution in [3.63, 3.8) is 0 Å². The molecule has 0 atom stereocenters. The Morgan fingerprint density at radius 1 is 1.33 bits per heavy atom. The summed E-state index contributed by atoms with van der Waals surface area (Å²) >= 11 is 0. The van der Waals surface area contributed by atoms with Crippen LogP contribution < -0.4 is 0 Å². The molecule has 0 aliphatic heterocycles. The summed E-state index contributed by atoms with van der Waals surface area (Å²) in [6, 6.07) is 0. The number of carbonyl (C=O) groups excluding carboxylic acids is 2. The first-order valence-corrected chi connectivity index (χ1v) is 3.32. The van der Waals surface area contributed by atoms with Crippen molar-refractivity contribution in [2.45, 2.75) is 13.8 Å². The molecule has 0 amide bonds. The number of ether oxygens (including phenoxy) is 2. The van der Waals surface area contributed by atoms with E-state index in [2.05, 4.69) is 9.47 Å². The zero-order valence-electron chi connectivity index (χ0n) is 7.25. The molecule has 0 aromatic carbocycles. The number of hydrogen-bond acceptors (Lipinski definition) is 4. The number of carbonyl (C=O) groups is 2. The largest absolute Gasteiger partial charge is 0.550 e. The van der Waals surface area contributed by atoms with E-state index in [-0.39, 0.29) is 6.61 Å². The van der Waals surface area contributed by atoms with Gasteiger partial charge >= 0.3 is 12.1 Å². The number of rotatable bonds is 3. The lowest BCUT2D eigenvalue weighted by Crippen LogP contribution is -2.31. The molecule has 0 saturated heterocycles. The first kappa shape index (κ1) is 10.7. The van der Waals surface area contributed by atoms with Gasteiger partial charge in [0, 0.05) is 0 Å². The predicted octanol–water partition coefficient (Wildman–Crippen LogP) is 0.753. The van der Waals surface area contributed by atoms with Crippen LogP contribution in [0.15, 0.2) is 0 Å². The molecule has 69 valence electrons. The Kier molecular flexibility index (Phi) is 3.53. The van der Waals surface area contributed by atoms with E-state index >= 15 is 0 Å². The fourth-order valence-corrected chi connectivity index (χ4v) is 0.575. The van der Waals surface area contributed by atoms with Crippen LogP contribution >= 0.6 is 0 Å². The van der Waals surface area contributed by atoms with Crippen LogP contribution in [-0.4, -0.2) is 25.8 Å². The molecule has 0 spiro atoms. The van der Waals surface area contributed by atoms with Crippen molar-refractivity contribution in [1.29, 1.82) is 0 Å². The van der Waals surface area contributed by atoms with E-state index in [9.17, 15) is 14.7 Å². The molecule has 0 unspecified atom stereocenters. The summed E-state index contributed by atoms with van der Waals surface area (Å²) in [5.41, 5.74) is -0.963. The molecule has 0 saturated carbocycles. The van der Waals surface area contributed by atoms with Crippen molar-refractivity contribution in [1.82, 2.24) is 0 Å². The first-order valence-electron chi connectivity index (χ1n) is 3.32. The van der Waals surface area contributed by atoms with Gasteiger partial charge in [-0.05, 0) is 13.8 Å². The minimum absolute atomic E-state index is 0.262. The maximum atomic E-state index is 10.9. The summed E-state index contributed by atoms with van der Waals surface area (Å²) in [5.74, 6) is -0.524. The van der Waals surface area contributed by atoms with Crippen LogP contribution in [0.1, 0.15) is 13.8 Å². The smallest absolute Gasteiger partial charge is 0.469 e. The second-order valence-corrected chi connectivity index (χ2v) is 2.91. The van der Waals surface area contributed by atoms with Gasteiger partial charge in [0.15, 0.2) is 0 Å². The second-order valence-electron chi connectivity index (χ2n) is 2.91. The third-order valence-electron chi connectivity index (χ3n) is 1.29. The Balaban J connectivity index is 4.03. The van der Waals surface area contributed by atoms with E-state index in [1.165, 1.54) is 21.0 Å². The zero-order chi connectivity index (χ0) is 9.78. The molecule has 1 radical (unpaired) electrons. The Hall–Kier alpha value is -1.26. The van der Waals surface area contributed by atoms with Gasteiger partial charge in [-0.3, -0.25) is 4.79 Å². The molecule has 0 fully saturated rings. The normalized spacial score (nSPS) is 10.6. The van der Waals surface area contributed by atoms with Gasteiger partial charge in [-0.15, -0.1) is 0 Å². The molecule has 0 aliphatic rings. The van der Waals surface area contributed by atoms with E-state index in [1.807, 2.05) is 0 Å². The Labute approximate surface area is 70.3 Å². The molecule has 0 aliphatic carbocycles. The van der Waals surface area contributed by atoms with Crippen molar-refractivity contribution in [2.24, 2.45) is 5.41 Å². The lowest BCUT2D eigenvalue weighted by atomic mass is 9.95. The maximum absolute atomic E-state index is 10.9. The van der Waals surface area contributed by atoms with Crippen LogP contribution in [0.2, 0.25) is 0 Å². The highest BCUT2D eigenvalue weighted by Gasteiger charge is 2.30. The lowest BCUT2D eigenvalue weighted by Gasteiger charge is -2.19. The summed E-state index contributed by atoms with van der Waals surface area (Å²) in [6.45, 7) is 2.77. The number of methoxy groups -OCH3 is 1. The molecular weight excluding hydrogens is 164 g/mol.